The zero-order chi connectivity index (χ0) is 15.4. The smallest absolute Gasteiger partial charge is 0.407 e. The SMILES string of the molecule is O=C(N[C@@H]1CCC2(C[C@@H]1O)OCCO2)OCc1ccccc1. The first kappa shape index (κ1) is 15.3. The number of carbonyl (C=O) groups excluding carboxylic acids is 1. The summed E-state index contributed by atoms with van der Waals surface area (Å²) >= 11 is 0. The number of aliphatic hydroxyl groups excluding tert-OH is 1. The minimum Gasteiger partial charge on any atom is -0.445 e. The van der Waals surface area contributed by atoms with E-state index in [4.69, 9.17) is 14.2 Å². The topological polar surface area (TPSA) is 77.0 Å². The van der Waals surface area contributed by atoms with Crippen LogP contribution in [-0.4, -0.2) is 42.3 Å². The number of rotatable bonds is 3. The summed E-state index contributed by atoms with van der Waals surface area (Å²) in [5, 5.41) is 12.9. The fourth-order valence-electron chi connectivity index (χ4n) is 2.97. The van der Waals surface area contributed by atoms with Gasteiger partial charge in [-0.1, -0.05) is 30.3 Å². The van der Waals surface area contributed by atoms with Crippen LogP contribution < -0.4 is 5.32 Å². The number of nitrogens with one attached hydrogen (secondary N) is 1. The van der Waals surface area contributed by atoms with Crippen LogP contribution in [0.25, 0.3) is 0 Å². The fraction of sp³-hybridized carbons (Fsp3) is 0.562. The van der Waals surface area contributed by atoms with Crippen molar-refractivity contribution in [3.8, 4) is 0 Å². The van der Waals surface area contributed by atoms with Gasteiger partial charge in [-0.05, 0) is 12.0 Å². The molecule has 2 aliphatic rings. The second-order valence-electron chi connectivity index (χ2n) is 5.73. The van der Waals surface area contributed by atoms with E-state index in [0.29, 0.717) is 32.5 Å². The number of hydrogen-bond acceptors (Lipinski definition) is 5. The molecule has 1 aromatic rings. The molecule has 2 fully saturated rings. The highest BCUT2D eigenvalue weighted by Gasteiger charge is 2.45. The highest BCUT2D eigenvalue weighted by Crippen LogP contribution is 2.35. The maximum atomic E-state index is 11.8. The lowest BCUT2D eigenvalue weighted by atomic mass is 9.87. The standard InChI is InChI=1S/C16H21NO5/c18-14-10-16(21-8-9-22-16)7-6-13(14)17-15(19)20-11-12-4-2-1-3-5-12/h1-5,13-14,18H,6-11H2,(H,17,19)/t13-,14+/m1/s1. The van der Waals surface area contributed by atoms with Crippen LogP contribution >= 0.6 is 0 Å². The summed E-state index contributed by atoms with van der Waals surface area (Å²) in [6.45, 7) is 1.33. The van der Waals surface area contributed by atoms with Gasteiger partial charge < -0.3 is 24.6 Å². The molecular formula is C16H21NO5. The van der Waals surface area contributed by atoms with Gasteiger partial charge >= 0.3 is 6.09 Å². The lowest BCUT2D eigenvalue weighted by Crippen LogP contribution is -2.52. The molecule has 6 nitrogen and oxygen atoms in total. The van der Waals surface area contributed by atoms with Crippen molar-refractivity contribution in [2.75, 3.05) is 13.2 Å². The Hall–Kier alpha value is -1.63. The zero-order valence-corrected chi connectivity index (χ0v) is 12.4. The maximum absolute atomic E-state index is 11.8. The van der Waals surface area contributed by atoms with Gasteiger partial charge in [-0.3, -0.25) is 0 Å². The van der Waals surface area contributed by atoms with Crippen LogP contribution in [0.5, 0.6) is 0 Å². The van der Waals surface area contributed by atoms with Crippen LogP contribution in [0.15, 0.2) is 30.3 Å². The minimum atomic E-state index is -0.698. The molecule has 1 aliphatic heterocycles. The van der Waals surface area contributed by atoms with Crippen molar-refractivity contribution in [2.24, 2.45) is 0 Å². The Bertz CT molecular complexity index is 501. The molecule has 120 valence electrons. The van der Waals surface area contributed by atoms with Crippen molar-refractivity contribution in [3.05, 3.63) is 35.9 Å². The Morgan fingerprint density at radius 2 is 2.05 bits per heavy atom. The molecule has 1 heterocycles. The van der Waals surface area contributed by atoms with E-state index in [-0.39, 0.29) is 12.6 Å². The Morgan fingerprint density at radius 3 is 2.73 bits per heavy atom. The van der Waals surface area contributed by atoms with E-state index in [9.17, 15) is 9.90 Å². The molecule has 0 unspecified atom stereocenters. The molecule has 1 amide bonds. The predicted molar refractivity (Wildman–Crippen MR) is 78.0 cm³/mol. The molecule has 2 N–H and O–H groups in total. The zero-order valence-electron chi connectivity index (χ0n) is 12.4. The van der Waals surface area contributed by atoms with E-state index in [1.54, 1.807) is 0 Å². The second-order valence-corrected chi connectivity index (χ2v) is 5.73. The monoisotopic (exact) mass is 307 g/mol. The van der Waals surface area contributed by atoms with Gasteiger partial charge in [0.25, 0.3) is 0 Å². The highest BCUT2D eigenvalue weighted by atomic mass is 16.7. The van der Waals surface area contributed by atoms with Gasteiger partial charge in [0, 0.05) is 12.8 Å². The summed E-state index contributed by atoms with van der Waals surface area (Å²) in [5.74, 6) is -0.661. The number of aliphatic hydroxyl groups is 1. The molecule has 1 saturated heterocycles. The van der Waals surface area contributed by atoms with Crippen LogP contribution in [0.1, 0.15) is 24.8 Å². The summed E-state index contributed by atoms with van der Waals surface area (Å²) in [4.78, 5) is 11.8. The van der Waals surface area contributed by atoms with Gasteiger partial charge in [0.05, 0.1) is 25.4 Å². The van der Waals surface area contributed by atoms with Crippen LogP contribution in [0, 0.1) is 0 Å². The first-order valence-electron chi connectivity index (χ1n) is 7.60. The molecular weight excluding hydrogens is 286 g/mol. The number of ether oxygens (including phenoxy) is 3. The molecule has 0 radical (unpaired) electrons. The third-order valence-corrected chi connectivity index (χ3v) is 4.15. The molecule has 1 aromatic carbocycles. The summed E-state index contributed by atoms with van der Waals surface area (Å²) < 4.78 is 16.3. The van der Waals surface area contributed by atoms with E-state index in [0.717, 1.165) is 5.56 Å². The summed E-state index contributed by atoms with van der Waals surface area (Å²) in [7, 11) is 0. The van der Waals surface area contributed by atoms with E-state index in [1.165, 1.54) is 0 Å². The van der Waals surface area contributed by atoms with Gasteiger partial charge in [-0.15, -0.1) is 0 Å². The molecule has 3 rings (SSSR count). The lowest BCUT2D eigenvalue weighted by molar-refractivity contribution is -0.199. The van der Waals surface area contributed by atoms with E-state index >= 15 is 0 Å². The van der Waals surface area contributed by atoms with Crippen LogP contribution in [0.4, 0.5) is 4.79 Å². The normalized spacial score (nSPS) is 26.8. The molecule has 6 heteroatoms. The van der Waals surface area contributed by atoms with Gasteiger partial charge in [0.2, 0.25) is 0 Å². The van der Waals surface area contributed by atoms with Crippen molar-refractivity contribution in [1.29, 1.82) is 0 Å². The average molecular weight is 307 g/mol. The Labute approximate surface area is 129 Å². The Balaban J connectivity index is 1.46. The molecule has 0 aromatic heterocycles. The Kier molecular flexibility index (Phi) is 4.61. The second kappa shape index (κ2) is 6.64. The van der Waals surface area contributed by atoms with Gasteiger partial charge in [0.1, 0.15) is 6.61 Å². The van der Waals surface area contributed by atoms with E-state index in [2.05, 4.69) is 5.32 Å². The third-order valence-electron chi connectivity index (χ3n) is 4.15. The molecule has 22 heavy (non-hydrogen) atoms. The van der Waals surface area contributed by atoms with Gasteiger partial charge in [-0.2, -0.15) is 0 Å². The number of alkyl carbamates (subject to hydrolysis) is 1. The van der Waals surface area contributed by atoms with Crippen LogP contribution in [-0.2, 0) is 20.8 Å². The van der Waals surface area contributed by atoms with Gasteiger partial charge in [-0.25, -0.2) is 4.79 Å². The quantitative estimate of drug-likeness (QED) is 0.886. The largest absolute Gasteiger partial charge is 0.445 e. The number of benzene rings is 1. The highest BCUT2D eigenvalue weighted by molar-refractivity contribution is 5.67. The predicted octanol–water partition coefficient (Wildman–Crippen LogP) is 1.57. The van der Waals surface area contributed by atoms with Crippen molar-refractivity contribution in [3.63, 3.8) is 0 Å². The van der Waals surface area contributed by atoms with Crippen molar-refractivity contribution >= 4 is 6.09 Å². The third kappa shape index (κ3) is 3.58. The Morgan fingerprint density at radius 1 is 1.32 bits per heavy atom. The first-order chi connectivity index (χ1) is 10.7. The molecule has 1 spiro atoms. The molecule has 1 saturated carbocycles. The average Bonchev–Trinajstić information content (AvgIpc) is 2.97. The number of carbonyl (C=O) groups is 1. The minimum absolute atomic E-state index is 0.214. The van der Waals surface area contributed by atoms with Crippen LogP contribution in [0.3, 0.4) is 0 Å². The van der Waals surface area contributed by atoms with E-state index in [1.807, 2.05) is 30.3 Å². The summed E-state index contributed by atoms with van der Waals surface area (Å²) in [6.07, 6.45) is 0.416. The summed E-state index contributed by atoms with van der Waals surface area (Å²) in [5.41, 5.74) is 0.925. The molecule has 2 atom stereocenters. The fourth-order valence-corrected chi connectivity index (χ4v) is 2.97. The molecule has 0 bridgehead atoms. The molecule has 1 aliphatic carbocycles. The van der Waals surface area contributed by atoms with Gasteiger partial charge in [0.15, 0.2) is 5.79 Å². The van der Waals surface area contributed by atoms with Crippen LogP contribution in [0.2, 0.25) is 0 Å². The number of hydrogen-bond donors (Lipinski definition) is 2. The maximum Gasteiger partial charge on any atom is 0.407 e. The first-order valence-corrected chi connectivity index (χ1v) is 7.60. The van der Waals surface area contributed by atoms with E-state index < -0.39 is 18.0 Å². The van der Waals surface area contributed by atoms with Crippen molar-refractivity contribution in [2.45, 2.75) is 43.8 Å². The lowest BCUT2D eigenvalue weighted by Gasteiger charge is -2.38. The van der Waals surface area contributed by atoms with Crippen molar-refractivity contribution in [1.82, 2.24) is 5.32 Å². The number of amides is 1. The van der Waals surface area contributed by atoms with Crippen molar-refractivity contribution < 1.29 is 24.1 Å². The summed E-state index contributed by atoms with van der Waals surface area (Å²) in [6, 6.07) is 9.14.